The monoisotopic (exact) mass is 315 g/mol. The summed E-state index contributed by atoms with van der Waals surface area (Å²) < 4.78 is 11.4. The van der Waals surface area contributed by atoms with E-state index in [0.717, 1.165) is 12.8 Å². The van der Waals surface area contributed by atoms with Crippen molar-refractivity contribution in [2.24, 2.45) is 0 Å². The Morgan fingerprint density at radius 3 is 2.70 bits per heavy atom. The van der Waals surface area contributed by atoms with Crippen molar-refractivity contribution < 1.29 is 14.3 Å². The van der Waals surface area contributed by atoms with Crippen molar-refractivity contribution in [3.63, 3.8) is 0 Å². The highest BCUT2D eigenvalue weighted by Crippen LogP contribution is 2.31. The Kier molecular flexibility index (Phi) is 3.91. The van der Waals surface area contributed by atoms with Crippen LogP contribution in [0.2, 0.25) is 10.0 Å². The first kappa shape index (κ1) is 14.1. The lowest BCUT2D eigenvalue weighted by molar-refractivity contribution is -0.183. The van der Waals surface area contributed by atoms with Gasteiger partial charge < -0.3 is 14.4 Å². The maximum absolute atomic E-state index is 12.6. The minimum absolute atomic E-state index is 0.107. The first-order valence-electron chi connectivity index (χ1n) is 6.62. The van der Waals surface area contributed by atoms with Crippen molar-refractivity contribution in [1.82, 2.24) is 4.90 Å². The van der Waals surface area contributed by atoms with Crippen LogP contribution in [0.3, 0.4) is 0 Å². The number of hydrogen-bond donors (Lipinski definition) is 0. The average Bonchev–Trinajstić information content (AvgIpc) is 2.86. The number of amides is 1. The molecule has 0 saturated carbocycles. The summed E-state index contributed by atoms with van der Waals surface area (Å²) in [7, 11) is 0. The van der Waals surface area contributed by atoms with E-state index in [4.69, 9.17) is 32.7 Å². The van der Waals surface area contributed by atoms with Crippen molar-refractivity contribution in [3.05, 3.63) is 33.8 Å². The number of piperidine rings is 1. The Labute approximate surface area is 127 Å². The number of carbonyl (C=O) groups excluding carboxylic acids is 1. The lowest BCUT2D eigenvalue weighted by atomic mass is 10.0. The smallest absolute Gasteiger partial charge is 0.255 e. The van der Waals surface area contributed by atoms with E-state index in [1.165, 1.54) is 0 Å². The number of nitrogens with zero attached hydrogens (tertiary/aromatic N) is 1. The number of benzene rings is 1. The molecule has 0 N–H and O–H groups in total. The van der Waals surface area contributed by atoms with E-state index in [-0.39, 0.29) is 5.91 Å². The van der Waals surface area contributed by atoms with Gasteiger partial charge in [-0.25, -0.2) is 0 Å². The highest BCUT2D eigenvalue weighted by atomic mass is 35.5. The van der Waals surface area contributed by atoms with Gasteiger partial charge in [-0.1, -0.05) is 23.2 Å². The molecule has 0 aliphatic carbocycles. The third kappa shape index (κ3) is 2.66. The summed E-state index contributed by atoms with van der Waals surface area (Å²) in [6, 6.07) is 4.91. The summed E-state index contributed by atoms with van der Waals surface area (Å²) in [6.45, 7) is 2.31. The molecule has 1 spiro atoms. The van der Waals surface area contributed by atoms with Crippen molar-refractivity contribution in [3.8, 4) is 0 Å². The quantitative estimate of drug-likeness (QED) is 0.799. The molecule has 3 rings (SSSR count). The predicted molar refractivity (Wildman–Crippen MR) is 76.2 cm³/mol. The van der Waals surface area contributed by atoms with Crippen LogP contribution in [0.15, 0.2) is 18.2 Å². The molecule has 1 aromatic carbocycles. The lowest BCUT2D eigenvalue weighted by Gasteiger charge is -2.38. The highest BCUT2D eigenvalue weighted by molar-refractivity contribution is 6.36. The van der Waals surface area contributed by atoms with Gasteiger partial charge in [-0.15, -0.1) is 0 Å². The molecule has 108 valence electrons. The van der Waals surface area contributed by atoms with Crippen LogP contribution in [0.5, 0.6) is 0 Å². The van der Waals surface area contributed by atoms with Crippen LogP contribution in [0.25, 0.3) is 0 Å². The lowest BCUT2D eigenvalue weighted by Crippen LogP contribution is -2.51. The maximum Gasteiger partial charge on any atom is 0.255 e. The van der Waals surface area contributed by atoms with E-state index in [1.807, 2.05) is 0 Å². The second-order valence-electron chi connectivity index (χ2n) is 5.06. The molecule has 0 atom stereocenters. The van der Waals surface area contributed by atoms with Crippen molar-refractivity contribution in [2.75, 3.05) is 26.3 Å². The third-order valence-electron chi connectivity index (χ3n) is 3.68. The van der Waals surface area contributed by atoms with Crippen LogP contribution in [-0.4, -0.2) is 42.9 Å². The van der Waals surface area contributed by atoms with Gasteiger partial charge in [-0.05, 0) is 24.6 Å². The van der Waals surface area contributed by atoms with E-state index >= 15 is 0 Å². The van der Waals surface area contributed by atoms with Crippen molar-refractivity contribution in [2.45, 2.75) is 18.6 Å². The van der Waals surface area contributed by atoms with Gasteiger partial charge in [0, 0.05) is 18.0 Å². The van der Waals surface area contributed by atoms with E-state index in [0.29, 0.717) is 41.9 Å². The van der Waals surface area contributed by atoms with Gasteiger partial charge in [0.15, 0.2) is 5.79 Å². The Balaban J connectivity index is 1.79. The fourth-order valence-electron chi connectivity index (χ4n) is 2.73. The molecule has 4 nitrogen and oxygen atoms in total. The molecule has 6 heteroatoms. The molecule has 2 fully saturated rings. The molecule has 0 aromatic heterocycles. The zero-order chi connectivity index (χ0) is 14.2. The second kappa shape index (κ2) is 5.53. The molecular formula is C14H15Cl2NO3. The van der Waals surface area contributed by atoms with Crippen LogP contribution >= 0.6 is 23.2 Å². The van der Waals surface area contributed by atoms with Gasteiger partial charge in [0.05, 0.1) is 30.3 Å². The minimum atomic E-state index is -0.618. The molecule has 1 aromatic rings. The van der Waals surface area contributed by atoms with Gasteiger partial charge >= 0.3 is 0 Å². The molecule has 1 amide bonds. The summed E-state index contributed by atoms with van der Waals surface area (Å²) in [5, 5.41) is 0.888. The number of hydrogen-bond acceptors (Lipinski definition) is 3. The van der Waals surface area contributed by atoms with Gasteiger partial charge in [0.25, 0.3) is 5.91 Å². The third-order valence-corrected chi connectivity index (χ3v) is 4.23. The first-order valence-corrected chi connectivity index (χ1v) is 7.37. The molecule has 2 aliphatic rings. The average molecular weight is 316 g/mol. The van der Waals surface area contributed by atoms with E-state index < -0.39 is 5.79 Å². The Hall–Kier alpha value is -0.810. The number of likely N-dealkylation sites (tertiary alicyclic amines) is 1. The van der Waals surface area contributed by atoms with Gasteiger partial charge in [0.1, 0.15) is 0 Å². The van der Waals surface area contributed by atoms with Crippen LogP contribution in [0, 0.1) is 0 Å². The number of halogens is 2. The Morgan fingerprint density at radius 2 is 2.00 bits per heavy atom. The summed E-state index contributed by atoms with van der Waals surface area (Å²) >= 11 is 12.0. The summed E-state index contributed by atoms with van der Waals surface area (Å²) in [6.07, 6.45) is 1.68. The van der Waals surface area contributed by atoms with Crippen LogP contribution in [0.4, 0.5) is 0 Å². The predicted octanol–water partition coefficient (Wildman–Crippen LogP) is 2.97. The van der Waals surface area contributed by atoms with Gasteiger partial charge in [-0.2, -0.15) is 0 Å². The Morgan fingerprint density at radius 1 is 1.25 bits per heavy atom. The van der Waals surface area contributed by atoms with Gasteiger partial charge in [-0.3, -0.25) is 4.79 Å². The maximum atomic E-state index is 12.6. The summed E-state index contributed by atoms with van der Waals surface area (Å²) in [4.78, 5) is 14.3. The molecule has 2 aliphatic heterocycles. The first-order chi connectivity index (χ1) is 9.60. The number of ether oxygens (including phenoxy) is 2. The normalized spacial score (nSPS) is 21.4. The van der Waals surface area contributed by atoms with Crippen molar-refractivity contribution >= 4 is 29.1 Å². The molecular weight excluding hydrogens is 301 g/mol. The van der Waals surface area contributed by atoms with E-state index in [9.17, 15) is 4.79 Å². The van der Waals surface area contributed by atoms with Crippen LogP contribution in [-0.2, 0) is 9.47 Å². The Bertz CT molecular complexity index is 529. The number of carbonyl (C=O) groups is 1. The second-order valence-corrected chi connectivity index (χ2v) is 5.91. The van der Waals surface area contributed by atoms with E-state index in [2.05, 4.69) is 0 Å². The fraction of sp³-hybridized carbons (Fsp3) is 0.500. The standard InChI is InChI=1S/C14H15Cl2NO3/c15-10-2-3-11(12(16)8-10)13(18)17-5-1-4-14(9-17)19-6-7-20-14/h2-3,8H,1,4-7,9H2. The fourth-order valence-corrected chi connectivity index (χ4v) is 3.22. The molecule has 0 bridgehead atoms. The largest absolute Gasteiger partial charge is 0.346 e. The highest BCUT2D eigenvalue weighted by Gasteiger charge is 2.42. The SMILES string of the molecule is O=C(c1ccc(Cl)cc1Cl)N1CCCC2(C1)OCCO2. The molecule has 2 saturated heterocycles. The molecule has 0 unspecified atom stereocenters. The molecule has 0 radical (unpaired) electrons. The zero-order valence-corrected chi connectivity index (χ0v) is 12.4. The van der Waals surface area contributed by atoms with Gasteiger partial charge in [0.2, 0.25) is 0 Å². The molecule has 20 heavy (non-hydrogen) atoms. The number of rotatable bonds is 1. The van der Waals surface area contributed by atoms with Crippen molar-refractivity contribution in [1.29, 1.82) is 0 Å². The zero-order valence-electron chi connectivity index (χ0n) is 10.9. The minimum Gasteiger partial charge on any atom is -0.346 e. The van der Waals surface area contributed by atoms with Crippen LogP contribution < -0.4 is 0 Å². The summed E-state index contributed by atoms with van der Waals surface area (Å²) in [5.74, 6) is -0.725. The topological polar surface area (TPSA) is 38.8 Å². The van der Waals surface area contributed by atoms with Crippen LogP contribution in [0.1, 0.15) is 23.2 Å². The molecule has 2 heterocycles. The summed E-state index contributed by atoms with van der Waals surface area (Å²) in [5.41, 5.74) is 0.464. The van der Waals surface area contributed by atoms with E-state index in [1.54, 1.807) is 23.1 Å².